The lowest BCUT2D eigenvalue weighted by molar-refractivity contribution is 0.450. The van der Waals surface area contributed by atoms with Crippen molar-refractivity contribution in [3.63, 3.8) is 0 Å². The molecule has 1 fully saturated rings. The van der Waals surface area contributed by atoms with Crippen LogP contribution in [-0.4, -0.2) is 32.3 Å². The molecule has 2 heterocycles. The Morgan fingerprint density at radius 1 is 1.38 bits per heavy atom. The van der Waals surface area contributed by atoms with E-state index in [-0.39, 0.29) is 22.3 Å². The normalized spacial score (nSPS) is 18.6. The molecule has 3 rings (SSSR count). The fraction of sp³-hybridized carbons (Fsp3) is 0.286. The molecular formula is C14H13BrN2O2S2. The third-order valence-corrected chi connectivity index (χ3v) is 6.41. The van der Waals surface area contributed by atoms with E-state index in [2.05, 4.69) is 25.9 Å². The van der Waals surface area contributed by atoms with E-state index in [0.717, 1.165) is 21.7 Å². The zero-order chi connectivity index (χ0) is 14.8. The molecule has 0 aliphatic carbocycles. The maximum absolute atomic E-state index is 12.3. The van der Waals surface area contributed by atoms with Gasteiger partial charge in [-0.25, -0.2) is 0 Å². The predicted molar refractivity (Wildman–Crippen MR) is 92.2 cm³/mol. The summed E-state index contributed by atoms with van der Waals surface area (Å²) in [5.41, 5.74) is 0.563. The number of H-pyrrole nitrogens is 1. The van der Waals surface area contributed by atoms with Crippen molar-refractivity contribution in [1.82, 2.24) is 9.97 Å². The van der Waals surface area contributed by atoms with Gasteiger partial charge in [0.2, 0.25) is 5.88 Å². The highest BCUT2D eigenvalue weighted by atomic mass is 79.9. The van der Waals surface area contributed by atoms with Crippen molar-refractivity contribution >= 4 is 39.5 Å². The molecule has 2 N–H and O–H groups in total. The summed E-state index contributed by atoms with van der Waals surface area (Å²) >= 11 is 6.97. The molecule has 1 aromatic carbocycles. The van der Waals surface area contributed by atoms with Crippen LogP contribution in [0, 0.1) is 0 Å². The largest absolute Gasteiger partial charge is 0.493 e. The average molecular weight is 385 g/mol. The van der Waals surface area contributed by atoms with E-state index in [9.17, 15) is 9.90 Å². The maximum Gasteiger partial charge on any atom is 0.262 e. The molecule has 0 bridgehead atoms. The van der Waals surface area contributed by atoms with E-state index in [1.54, 1.807) is 23.9 Å². The molecule has 0 spiro atoms. The highest BCUT2D eigenvalue weighted by Crippen LogP contribution is 2.36. The molecule has 0 saturated carbocycles. The molecular weight excluding hydrogens is 372 g/mol. The van der Waals surface area contributed by atoms with Crippen molar-refractivity contribution in [2.45, 2.75) is 5.25 Å². The Morgan fingerprint density at radius 3 is 2.90 bits per heavy atom. The standard InChI is InChI=1S/C14H13BrN2O2S2/c15-9-3-1-2-8(6-9)11-13(18)16-12(17-14(11)19)10-7-20-4-5-21-10/h1-3,6,10H,4-5,7H2,(H2,16,17,18,19). The van der Waals surface area contributed by atoms with Gasteiger partial charge in [-0.15, -0.1) is 11.8 Å². The van der Waals surface area contributed by atoms with Gasteiger partial charge in [0, 0.05) is 21.7 Å². The number of benzene rings is 1. The van der Waals surface area contributed by atoms with Crippen molar-refractivity contribution in [1.29, 1.82) is 0 Å². The van der Waals surface area contributed by atoms with Crippen LogP contribution in [-0.2, 0) is 0 Å². The van der Waals surface area contributed by atoms with Crippen molar-refractivity contribution in [3.8, 4) is 17.0 Å². The van der Waals surface area contributed by atoms with Gasteiger partial charge in [-0.3, -0.25) is 4.79 Å². The van der Waals surface area contributed by atoms with Gasteiger partial charge in [-0.2, -0.15) is 16.7 Å². The number of hydrogen-bond acceptors (Lipinski definition) is 5. The second-order valence-electron chi connectivity index (χ2n) is 4.59. The minimum atomic E-state index is -0.299. The second kappa shape index (κ2) is 6.46. The maximum atomic E-state index is 12.3. The van der Waals surface area contributed by atoms with Crippen LogP contribution in [0.3, 0.4) is 0 Å². The van der Waals surface area contributed by atoms with E-state index in [4.69, 9.17) is 0 Å². The lowest BCUT2D eigenvalue weighted by Crippen LogP contribution is -2.18. The molecule has 7 heteroatoms. The Labute approximate surface area is 138 Å². The summed E-state index contributed by atoms with van der Waals surface area (Å²) in [4.78, 5) is 19.4. The highest BCUT2D eigenvalue weighted by Gasteiger charge is 2.21. The van der Waals surface area contributed by atoms with Gasteiger partial charge in [-0.1, -0.05) is 28.1 Å². The van der Waals surface area contributed by atoms with Crippen molar-refractivity contribution in [2.75, 3.05) is 17.3 Å². The van der Waals surface area contributed by atoms with Crippen LogP contribution >= 0.6 is 39.5 Å². The summed E-state index contributed by atoms with van der Waals surface area (Å²) in [6, 6.07) is 7.25. The number of hydrogen-bond donors (Lipinski definition) is 2. The van der Waals surface area contributed by atoms with Gasteiger partial charge in [-0.05, 0) is 17.7 Å². The summed E-state index contributed by atoms with van der Waals surface area (Å²) in [6.07, 6.45) is 0. The zero-order valence-corrected chi connectivity index (χ0v) is 14.2. The van der Waals surface area contributed by atoms with E-state index in [0.29, 0.717) is 11.4 Å². The van der Waals surface area contributed by atoms with Gasteiger partial charge in [0.15, 0.2) is 0 Å². The number of halogens is 1. The Morgan fingerprint density at radius 2 is 2.24 bits per heavy atom. The molecule has 0 radical (unpaired) electrons. The van der Waals surface area contributed by atoms with Crippen molar-refractivity contribution in [2.24, 2.45) is 0 Å². The lowest BCUT2D eigenvalue weighted by atomic mass is 10.1. The number of aromatic hydroxyl groups is 1. The third-order valence-electron chi connectivity index (χ3n) is 3.15. The van der Waals surface area contributed by atoms with Crippen LogP contribution in [0.4, 0.5) is 0 Å². The first-order valence-corrected chi connectivity index (χ1v) is 9.43. The number of aromatic nitrogens is 2. The van der Waals surface area contributed by atoms with Gasteiger partial charge in [0.1, 0.15) is 11.4 Å². The van der Waals surface area contributed by atoms with Gasteiger partial charge >= 0.3 is 0 Å². The quantitative estimate of drug-likeness (QED) is 0.829. The summed E-state index contributed by atoms with van der Waals surface area (Å²) in [6.45, 7) is 0. The average Bonchev–Trinajstić information content (AvgIpc) is 2.47. The second-order valence-corrected chi connectivity index (χ2v) is 7.97. The minimum Gasteiger partial charge on any atom is -0.493 e. The lowest BCUT2D eigenvalue weighted by Gasteiger charge is -2.20. The summed E-state index contributed by atoms with van der Waals surface area (Å²) in [5, 5.41) is 10.3. The molecule has 1 unspecified atom stereocenters. The molecule has 2 aromatic rings. The van der Waals surface area contributed by atoms with Crippen LogP contribution in [0.25, 0.3) is 11.1 Å². The summed E-state index contributed by atoms with van der Waals surface area (Å²) in [5.74, 6) is 3.42. The number of rotatable bonds is 2. The molecule has 1 aliphatic heterocycles. The Hall–Kier alpha value is -0.920. The predicted octanol–water partition coefficient (Wildman–Crippen LogP) is 3.43. The zero-order valence-electron chi connectivity index (χ0n) is 11.0. The van der Waals surface area contributed by atoms with Crippen LogP contribution in [0.5, 0.6) is 5.88 Å². The van der Waals surface area contributed by atoms with Crippen LogP contribution < -0.4 is 5.56 Å². The van der Waals surface area contributed by atoms with E-state index >= 15 is 0 Å². The first-order chi connectivity index (χ1) is 10.1. The number of nitrogens with one attached hydrogen (secondary N) is 1. The van der Waals surface area contributed by atoms with E-state index in [1.165, 1.54) is 0 Å². The number of aromatic amines is 1. The molecule has 1 aliphatic rings. The molecule has 1 atom stereocenters. The minimum absolute atomic E-state index is 0.138. The first-order valence-electron chi connectivity index (χ1n) is 6.43. The Bertz CT molecular complexity index is 714. The Balaban J connectivity index is 2.02. The third kappa shape index (κ3) is 3.30. The first kappa shape index (κ1) is 15.0. The van der Waals surface area contributed by atoms with Crippen molar-refractivity contribution < 1.29 is 5.11 Å². The SMILES string of the molecule is O=c1[nH]c(C2CSCCS2)nc(O)c1-c1cccc(Br)c1. The van der Waals surface area contributed by atoms with Crippen LogP contribution in [0.1, 0.15) is 11.1 Å². The van der Waals surface area contributed by atoms with Crippen LogP contribution in [0.2, 0.25) is 0 Å². The highest BCUT2D eigenvalue weighted by molar-refractivity contribution is 9.10. The van der Waals surface area contributed by atoms with E-state index in [1.807, 2.05) is 23.9 Å². The monoisotopic (exact) mass is 384 g/mol. The summed E-state index contributed by atoms with van der Waals surface area (Å²) in [7, 11) is 0. The molecule has 21 heavy (non-hydrogen) atoms. The molecule has 4 nitrogen and oxygen atoms in total. The molecule has 1 saturated heterocycles. The smallest absolute Gasteiger partial charge is 0.262 e. The number of nitrogens with zero attached hydrogens (tertiary/aromatic N) is 1. The summed E-state index contributed by atoms with van der Waals surface area (Å²) < 4.78 is 0.849. The van der Waals surface area contributed by atoms with Crippen LogP contribution in [0.15, 0.2) is 33.5 Å². The van der Waals surface area contributed by atoms with Crippen molar-refractivity contribution in [3.05, 3.63) is 44.9 Å². The fourth-order valence-electron chi connectivity index (χ4n) is 2.18. The topological polar surface area (TPSA) is 66.0 Å². The van der Waals surface area contributed by atoms with E-state index < -0.39 is 0 Å². The van der Waals surface area contributed by atoms with Gasteiger partial charge < -0.3 is 10.1 Å². The Kier molecular flexibility index (Phi) is 4.61. The molecule has 1 aromatic heterocycles. The number of thioether (sulfide) groups is 2. The molecule has 110 valence electrons. The fourth-order valence-corrected chi connectivity index (χ4v) is 5.20. The molecule has 0 amide bonds. The van der Waals surface area contributed by atoms with Gasteiger partial charge in [0.25, 0.3) is 5.56 Å². The van der Waals surface area contributed by atoms with Gasteiger partial charge in [0.05, 0.1) is 5.25 Å².